The molecule has 2 rings (SSSR count). The zero-order valence-electron chi connectivity index (χ0n) is 12.0. The predicted molar refractivity (Wildman–Crippen MR) is 77.7 cm³/mol. The largest absolute Gasteiger partial charge is 0.481 e. The van der Waals surface area contributed by atoms with E-state index in [0.29, 0.717) is 18.2 Å². The molecule has 20 heavy (non-hydrogen) atoms. The van der Waals surface area contributed by atoms with E-state index in [9.17, 15) is 5.11 Å². The summed E-state index contributed by atoms with van der Waals surface area (Å²) in [5.74, 6) is 1.99. The molecule has 0 bridgehead atoms. The number of rotatable bonds is 5. The van der Waals surface area contributed by atoms with Gasteiger partial charge >= 0.3 is 0 Å². The number of methoxy groups -OCH3 is 1. The molecule has 0 aliphatic carbocycles. The van der Waals surface area contributed by atoms with Crippen LogP contribution < -0.4 is 10.1 Å². The lowest BCUT2D eigenvalue weighted by atomic mass is 10.1. The Balaban J connectivity index is 2.21. The second-order valence-corrected chi connectivity index (χ2v) is 4.53. The van der Waals surface area contributed by atoms with Crippen molar-refractivity contribution in [3.8, 4) is 5.88 Å². The number of aryl methyl sites for hydroxylation is 1. The van der Waals surface area contributed by atoms with Crippen molar-refractivity contribution in [2.75, 3.05) is 12.4 Å². The molecule has 2 aromatic rings. The first kappa shape index (κ1) is 14.3. The highest BCUT2D eigenvalue weighted by molar-refractivity contribution is 5.49. The average Bonchev–Trinajstić information content (AvgIpc) is 2.48. The second kappa shape index (κ2) is 6.34. The van der Waals surface area contributed by atoms with Crippen LogP contribution in [0.3, 0.4) is 0 Å². The first-order valence-corrected chi connectivity index (χ1v) is 6.46. The molecule has 1 aromatic carbocycles. The van der Waals surface area contributed by atoms with Crippen molar-refractivity contribution in [3.05, 3.63) is 46.8 Å². The molecule has 0 aliphatic rings. The summed E-state index contributed by atoms with van der Waals surface area (Å²) in [6.45, 7) is 4.37. The van der Waals surface area contributed by atoms with Gasteiger partial charge in [0.2, 0.25) is 5.88 Å². The van der Waals surface area contributed by atoms with E-state index >= 15 is 0 Å². The van der Waals surface area contributed by atoms with Crippen molar-refractivity contribution in [2.45, 2.75) is 27.0 Å². The van der Waals surface area contributed by atoms with E-state index in [0.717, 1.165) is 22.5 Å². The van der Waals surface area contributed by atoms with Crippen molar-refractivity contribution in [1.29, 1.82) is 0 Å². The molecule has 1 aromatic heterocycles. The molecule has 0 amide bonds. The number of ether oxygens (including phenoxy) is 1. The SMILES string of the molecule is COc1nc(C)nc(NCc2ccccc2CO)c1C. The van der Waals surface area contributed by atoms with Gasteiger partial charge in [-0.1, -0.05) is 24.3 Å². The van der Waals surface area contributed by atoms with Crippen molar-refractivity contribution < 1.29 is 9.84 Å². The number of hydrogen-bond acceptors (Lipinski definition) is 5. The third kappa shape index (κ3) is 3.05. The number of hydrogen-bond donors (Lipinski definition) is 2. The maximum Gasteiger partial charge on any atom is 0.221 e. The fourth-order valence-corrected chi connectivity index (χ4v) is 2.04. The summed E-state index contributed by atoms with van der Waals surface area (Å²) < 4.78 is 5.23. The zero-order valence-corrected chi connectivity index (χ0v) is 12.0. The minimum atomic E-state index is 0.0307. The average molecular weight is 273 g/mol. The lowest BCUT2D eigenvalue weighted by molar-refractivity contribution is 0.280. The van der Waals surface area contributed by atoms with Gasteiger partial charge in [-0.05, 0) is 25.0 Å². The van der Waals surface area contributed by atoms with Crippen molar-refractivity contribution in [2.24, 2.45) is 0 Å². The van der Waals surface area contributed by atoms with Crippen molar-refractivity contribution in [3.63, 3.8) is 0 Å². The van der Waals surface area contributed by atoms with E-state index in [1.165, 1.54) is 0 Å². The molecule has 0 fully saturated rings. The van der Waals surface area contributed by atoms with Crippen molar-refractivity contribution in [1.82, 2.24) is 9.97 Å². The molecule has 106 valence electrons. The van der Waals surface area contributed by atoms with Crippen LogP contribution >= 0.6 is 0 Å². The van der Waals surface area contributed by atoms with Gasteiger partial charge in [0.25, 0.3) is 0 Å². The third-order valence-electron chi connectivity index (χ3n) is 3.14. The lowest BCUT2D eigenvalue weighted by Gasteiger charge is -2.13. The summed E-state index contributed by atoms with van der Waals surface area (Å²) in [6, 6.07) is 7.77. The van der Waals surface area contributed by atoms with Crippen LogP contribution in [0.2, 0.25) is 0 Å². The Morgan fingerprint density at radius 1 is 1.15 bits per heavy atom. The first-order chi connectivity index (χ1) is 9.65. The lowest BCUT2D eigenvalue weighted by Crippen LogP contribution is -2.08. The fourth-order valence-electron chi connectivity index (χ4n) is 2.04. The standard InChI is InChI=1S/C15H19N3O2/c1-10-14(17-11(2)18-15(10)20-3)16-8-12-6-4-5-7-13(12)9-19/h4-7,19H,8-9H2,1-3H3,(H,16,17,18). The number of aromatic nitrogens is 2. The minimum Gasteiger partial charge on any atom is -0.481 e. The Hall–Kier alpha value is -2.14. The number of nitrogens with zero attached hydrogens (tertiary/aromatic N) is 2. The van der Waals surface area contributed by atoms with Gasteiger partial charge in [-0.2, -0.15) is 4.98 Å². The number of benzene rings is 1. The van der Waals surface area contributed by atoms with Crippen LogP contribution in [0.5, 0.6) is 5.88 Å². The Bertz CT molecular complexity index is 600. The Kier molecular flexibility index (Phi) is 4.53. The summed E-state index contributed by atoms with van der Waals surface area (Å²) in [5.41, 5.74) is 2.83. The molecular weight excluding hydrogens is 254 g/mol. The summed E-state index contributed by atoms with van der Waals surface area (Å²) in [4.78, 5) is 8.61. The molecule has 0 unspecified atom stereocenters. The molecular formula is C15H19N3O2. The van der Waals surface area contributed by atoms with Crippen LogP contribution in [0, 0.1) is 13.8 Å². The molecule has 0 saturated carbocycles. The molecule has 5 heteroatoms. The zero-order chi connectivity index (χ0) is 14.5. The van der Waals surface area contributed by atoms with Crippen LogP contribution in [0.4, 0.5) is 5.82 Å². The van der Waals surface area contributed by atoms with Crippen molar-refractivity contribution >= 4 is 5.82 Å². The molecule has 0 radical (unpaired) electrons. The molecule has 0 atom stereocenters. The fraction of sp³-hybridized carbons (Fsp3) is 0.333. The number of anilines is 1. The quantitative estimate of drug-likeness (QED) is 0.874. The van der Waals surface area contributed by atoms with Crippen LogP contribution in [-0.2, 0) is 13.2 Å². The number of aliphatic hydroxyl groups is 1. The van der Waals surface area contributed by atoms with Gasteiger partial charge in [0.15, 0.2) is 0 Å². The molecule has 0 spiro atoms. The van der Waals surface area contributed by atoms with Gasteiger partial charge < -0.3 is 15.2 Å². The highest BCUT2D eigenvalue weighted by atomic mass is 16.5. The van der Waals surface area contributed by atoms with Crippen LogP contribution in [0.15, 0.2) is 24.3 Å². The summed E-state index contributed by atoms with van der Waals surface area (Å²) in [7, 11) is 1.60. The molecule has 1 heterocycles. The Morgan fingerprint density at radius 2 is 1.85 bits per heavy atom. The first-order valence-electron chi connectivity index (χ1n) is 6.46. The highest BCUT2D eigenvalue weighted by Crippen LogP contribution is 2.22. The highest BCUT2D eigenvalue weighted by Gasteiger charge is 2.09. The summed E-state index contributed by atoms with van der Waals surface area (Å²) in [5, 5.41) is 12.6. The van der Waals surface area contributed by atoms with E-state index in [4.69, 9.17) is 4.74 Å². The van der Waals surface area contributed by atoms with Gasteiger partial charge in [-0.15, -0.1) is 0 Å². The van der Waals surface area contributed by atoms with Gasteiger partial charge in [-0.25, -0.2) is 4.98 Å². The van der Waals surface area contributed by atoms with Gasteiger partial charge in [0.05, 0.1) is 19.3 Å². The monoisotopic (exact) mass is 273 g/mol. The maximum atomic E-state index is 9.32. The summed E-state index contributed by atoms with van der Waals surface area (Å²) in [6.07, 6.45) is 0. The van der Waals surface area contributed by atoms with Gasteiger partial charge in [0.1, 0.15) is 11.6 Å². The van der Waals surface area contributed by atoms with Gasteiger partial charge in [0, 0.05) is 6.54 Å². The minimum absolute atomic E-state index is 0.0307. The van der Waals surface area contributed by atoms with Crippen LogP contribution in [0.25, 0.3) is 0 Å². The van der Waals surface area contributed by atoms with Gasteiger partial charge in [-0.3, -0.25) is 0 Å². The summed E-state index contributed by atoms with van der Waals surface area (Å²) >= 11 is 0. The second-order valence-electron chi connectivity index (χ2n) is 4.53. The molecule has 5 nitrogen and oxygen atoms in total. The number of nitrogens with one attached hydrogen (secondary N) is 1. The maximum absolute atomic E-state index is 9.32. The van der Waals surface area contributed by atoms with E-state index < -0.39 is 0 Å². The number of aliphatic hydroxyl groups excluding tert-OH is 1. The normalized spacial score (nSPS) is 10.4. The Labute approximate surface area is 118 Å². The van der Waals surface area contributed by atoms with E-state index in [-0.39, 0.29) is 6.61 Å². The molecule has 0 saturated heterocycles. The third-order valence-corrected chi connectivity index (χ3v) is 3.14. The smallest absolute Gasteiger partial charge is 0.221 e. The van der Waals surface area contributed by atoms with E-state index in [1.54, 1.807) is 7.11 Å². The van der Waals surface area contributed by atoms with Crippen LogP contribution in [-0.4, -0.2) is 22.2 Å². The van der Waals surface area contributed by atoms with Crippen LogP contribution in [0.1, 0.15) is 22.5 Å². The Morgan fingerprint density at radius 3 is 2.50 bits per heavy atom. The predicted octanol–water partition coefficient (Wildman–Crippen LogP) is 2.21. The molecule has 0 aliphatic heterocycles. The van der Waals surface area contributed by atoms with E-state index in [1.807, 2.05) is 38.1 Å². The van der Waals surface area contributed by atoms with E-state index in [2.05, 4.69) is 15.3 Å². The topological polar surface area (TPSA) is 67.3 Å². The molecule has 2 N–H and O–H groups in total.